The third-order valence-electron chi connectivity index (χ3n) is 7.48. The molecule has 0 aliphatic carbocycles. The fourth-order valence-corrected chi connectivity index (χ4v) is 7.11. The highest BCUT2D eigenvalue weighted by atomic mass is 32.2. The molecular formula is C28H34N4O3S. The first-order chi connectivity index (χ1) is 17.4. The van der Waals surface area contributed by atoms with Gasteiger partial charge in [0.2, 0.25) is 11.8 Å². The van der Waals surface area contributed by atoms with Crippen LogP contribution in [0.1, 0.15) is 49.6 Å². The maximum Gasteiger partial charge on any atom is 0.322 e. The maximum absolute atomic E-state index is 13.3. The zero-order valence-corrected chi connectivity index (χ0v) is 21.7. The molecular weight excluding hydrogens is 472 g/mol. The first kappa shape index (κ1) is 24.7. The Kier molecular flexibility index (Phi) is 7.23. The number of rotatable bonds is 5. The molecule has 3 aliphatic heterocycles. The van der Waals surface area contributed by atoms with E-state index in [-0.39, 0.29) is 47.0 Å². The van der Waals surface area contributed by atoms with Gasteiger partial charge < -0.3 is 20.0 Å². The van der Waals surface area contributed by atoms with Crippen molar-refractivity contribution < 1.29 is 14.4 Å². The van der Waals surface area contributed by atoms with Gasteiger partial charge in [-0.1, -0.05) is 48.5 Å². The fraction of sp³-hybridized carbons (Fsp3) is 0.464. The molecule has 2 aromatic carbocycles. The SMILES string of the molecule is CC(C)N1C(=O)C(CC(=O)N2CCC(N3CCc4ccccc4NC3=O)CC2)SC1c1ccccc1. The summed E-state index contributed by atoms with van der Waals surface area (Å²) in [6.07, 6.45) is 2.56. The van der Waals surface area contributed by atoms with Gasteiger partial charge in [0, 0.05) is 43.8 Å². The van der Waals surface area contributed by atoms with Crippen LogP contribution in [0.3, 0.4) is 0 Å². The highest BCUT2D eigenvalue weighted by Gasteiger charge is 2.43. The van der Waals surface area contributed by atoms with Gasteiger partial charge in [-0.05, 0) is 50.3 Å². The van der Waals surface area contributed by atoms with Crippen molar-refractivity contribution in [2.45, 2.75) is 62.2 Å². The number of carbonyl (C=O) groups excluding carboxylic acids is 3. The molecule has 5 rings (SSSR count). The molecule has 3 aliphatic rings. The van der Waals surface area contributed by atoms with E-state index in [1.165, 1.54) is 0 Å². The molecule has 36 heavy (non-hydrogen) atoms. The van der Waals surface area contributed by atoms with Gasteiger partial charge in [0.25, 0.3) is 0 Å². The van der Waals surface area contributed by atoms with Crippen LogP contribution in [-0.2, 0) is 16.0 Å². The third-order valence-corrected chi connectivity index (χ3v) is 8.93. The van der Waals surface area contributed by atoms with E-state index in [2.05, 4.69) is 11.4 Å². The monoisotopic (exact) mass is 506 g/mol. The minimum Gasteiger partial charge on any atom is -0.342 e. The average molecular weight is 507 g/mol. The summed E-state index contributed by atoms with van der Waals surface area (Å²) in [5, 5.41) is 2.62. The number of urea groups is 1. The number of para-hydroxylation sites is 1. The van der Waals surface area contributed by atoms with Gasteiger partial charge in [0.15, 0.2) is 0 Å². The van der Waals surface area contributed by atoms with Crippen LogP contribution < -0.4 is 5.32 Å². The Hall–Kier alpha value is -3.00. The third kappa shape index (κ3) is 4.96. The molecule has 1 N–H and O–H groups in total. The van der Waals surface area contributed by atoms with Crippen molar-refractivity contribution in [3.8, 4) is 0 Å². The van der Waals surface area contributed by atoms with E-state index in [4.69, 9.17) is 0 Å². The highest BCUT2D eigenvalue weighted by Crippen LogP contribution is 2.45. The Balaban J connectivity index is 1.18. The number of fused-ring (bicyclic) bond motifs is 1. The quantitative estimate of drug-likeness (QED) is 0.648. The van der Waals surface area contributed by atoms with E-state index in [1.54, 1.807) is 11.8 Å². The molecule has 3 heterocycles. The molecule has 2 aromatic rings. The summed E-state index contributed by atoms with van der Waals surface area (Å²) < 4.78 is 0. The standard InChI is InChI=1S/C28H34N4O3S/c1-19(2)32-26(34)24(36-27(32)21-9-4-3-5-10-21)18-25(33)30-15-13-22(14-16-30)31-17-12-20-8-6-7-11-23(20)29-28(31)35/h3-11,19,22,24,27H,12-18H2,1-2H3,(H,29,35). The van der Waals surface area contributed by atoms with E-state index >= 15 is 0 Å². The first-order valence-electron chi connectivity index (χ1n) is 12.9. The summed E-state index contributed by atoms with van der Waals surface area (Å²) in [6, 6.07) is 18.1. The van der Waals surface area contributed by atoms with Crippen LogP contribution in [0.5, 0.6) is 0 Å². The van der Waals surface area contributed by atoms with E-state index in [1.807, 2.05) is 77.1 Å². The second-order valence-electron chi connectivity index (χ2n) is 10.1. The minimum atomic E-state index is -0.363. The number of hydrogen-bond acceptors (Lipinski definition) is 4. The Morgan fingerprint density at radius 2 is 1.69 bits per heavy atom. The molecule has 2 saturated heterocycles. The topological polar surface area (TPSA) is 73.0 Å². The lowest BCUT2D eigenvalue weighted by Gasteiger charge is -2.38. The van der Waals surface area contributed by atoms with Gasteiger partial charge in [0.1, 0.15) is 5.37 Å². The number of benzene rings is 2. The van der Waals surface area contributed by atoms with Crippen molar-refractivity contribution in [1.82, 2.24) is 14.7 Å². The highest BCUT2D eigenvalue weighted by molar-refractivity contribution is 8.01. The number of thioether (sulfide) groups is 1. The van der Waals surface area contributed by atoms with Gasteiger partial charge in [-0.3, -0.25) is 9.59 Å². The van der Waals surface area contributed by atoms with E-state index in [0.717, 1.165) is 36.1 Å². The predicted octanol–water partition coefficient (Wildman–Crippen LogP) is 4.51. The Morgan fingerprint density at radius 3 is 2.42 bits per heavy atom. The number of amides is 4. The summed E-state index contributed by atoms with van der Waals surface area (Å²) in [4.78, 5) is 45.1. The van der Waals surface area contributed by atoms with Gasteiger partial charge >= 0.3 is 6.03 Å². The van der Waals surface area contributed by atoms with Gasteiger partial charge in [-0.25, -0.2) is 4.79 Å². The Bertz CT molecular complexity index is 1120. The predicted molar refractivity (Wildman–Crippen MR) is 143 cm³/mol. The van der Waals surface area contributed by atoms with Crippen molar-refractivity contribution >= 4 is 35.3 Å². The lowest BCUT2D eigenvalue weighted by Crippen LogP contribution is -2.50. The molecule has 2 unspecified atom stereocenters. The van der Waals surface area contributed by atoms with Crippen molar-refractivity contribution in [3.05, 3.63) is 65.7 Å². The number of nitrogens with one attached hydrogen (secondary N) is 1. The van der Waals surface area contributed by atoms with Crippen LogP contribution in [0.25, 0.3) is 0 Å². The largest absolute Gasteiger partial charge is 0.342 e. The van der Waals surface area contributed by atoms with Crippen LogP contribution in [0.15, 0.2) is 54.6 Å². The number of carbonyl (C=O) groups is 3. The molecule has 4 amide bonds. The zero-order valence-electron chi connectivity index (χ0n) is 20.9. The van der Waals surface area contributed by atoms with Crippen LogP contribution in [0.2, 0.25) is 0 Å². The molecule has 7 nitrogen and oxygen atoms in total. The summed E-state index contributed by atoms with van der Waals surface area (Å²) >= 11 is 1.59. The Labute approximate surface area is 217 Å². The van der Waals surface area contributed by atoms with Crippen molar-refractivity contribution in [2.24, 2.45) is 0 Å². The molecule has 2 atom stereocenters. The van der Waals surface area contributed by atoms with E-state index in [0.29, 0.717) is 19.6 Å². The molecule has 0 saturated carbocycles. The normalized spacial score (nSPS) is 23.0. The zero-order chi connectivity index (χ0) is 25.2. The van der Waals surface area contributed by atoms with Crippen molar-refractivity contribution in [1.29, 1.82) is 0 Å². The van der Waals surface area contributed by atoms with Crippen LogP contribution >= 0.6 is 11.8 Å². The molecule has 2 fully saturated rings. The van der Waals surface area contributed by atoms with Crippen molar-refractivity contribution in [2.75, 3.05) is 25.0 Å². The minimum absolute atomic E-state index is 0.0319. The van der Waals surface area contributed by atoms with Gasteiger partial charge in [0.05, 0.1) is 5.25 Å². The Morgan fingerprint density at radius 1 is 1.00 bits per heavy atom. The van der Waals surface area contributed by atoms with Gasteiger partial charge in [-0.2, -0.15) is 0 Å². The summed E-state index contributed by atoms with van der Waals surface area (Å²) in [6.45, 7) is 5.96. The first-order valence-corrected chi connectivity index (χ1v) is 13.8. The molecule has 0 aromatic heterocycles. The number of piperidine rings is 1. The van der Waals surface area contributed by atoms with Crippen LogP contribution in [0, 0.1) is 0 Å². The summed E-state index contributed by atoms with van der Waals surface area (Å²) in [5.41, 5.74) is 3.14. The number of likely N-dealkylation sites (tertiary alicyclic amines) is 1. The molecule has 190 valence electrons. The second kappa shape index (κ2) is 10.5. The summed E-state index contributed by atoms with van der Waals surface area (Å²) in [5.74, 6) is 0.0809. The fourth-order valence-electron chi connectivity index (χ4n) is 5.53. The molecule has 0 radical (unpaired) electrons. The summed E-state index contributed by atoms with van der Waals surface area (Å²) in [7, 11) is 0. The number of anilines is 1. The van der Waals surface area contributed by atoms with E-state index < -0.39 is 0 Å². The number of nitrogens with zero attached hydrogens (tertiary/aromatic N) is 3. The number of hydrogen-bond donors (Lipinski definition) is 1. The molecule has 8 heteroatoms. The second-order valence-corrected chi connectivity index (χ2v) is 11.4. The van der Waals surface area contributed by atoms with Gasteiger partial charge in [-0.15, -0.1) is 11.8 Å². The van der Waals surface area contributed by atoms with Crippen LogP contribution in [0.4, 0.5) is 10.5 Å². The molecule has 0 spiro atoms. The average Bonchev–Trinajstić information content (AvgIpc) is 3.11. The maximum atomic E-state index is 13.3. The van der Waals surface area contributed by atoms with E-state index in [9.17, 15) is 14.4 Å². The van der Waals surface area contributed by atoms with Crippen LogP contribution in [-0.4, -0.2) is 69.5 Å². The smallest absolute Gasteiger partial charge is 0.322 e. The lowest BCUT2D eigenvalue weighted by atomic mass is 10.0. The lowest BCUT2D eigenvalue weighted by molar-refractivity contribution is -0.137. The molecule has 0 bridgehead atoms. The van der Waals surface area contributed by atoms with Crippen molar-refractivity contribution in [3.63, 3.8) is 0 Å².